The molecule has 96 valence electrons. The van der Waals surface area contributed by atoms with E-state index < -0.39 is 0 Å². The van der Waals surface area contributed by atoms with Crippen LogP contribution in [0.4, 0.5) is 0 Å². The normalized spacial score (nSPS) is 12.6. The minimum Gasteiger partial charge on any atom is -0.460 e. The highest BCUT2D eigenvalue weighted by Gasteiger charge is 2.06. The molecule has 0 unspecified atom stereocenters. The van der Waals surface area contributed by atoms with Crippen molar-refractivity contribution < 1.29 is 9.52 Å². The SMILES string of the molecule is C[C@H](CO)NCc1ccc(-c2ccc(Cl)cc2)o1. The van der Waals surface area contributed by atoms with Crippen molar-refractivity contribution in [2.24, 2.45) is 0 Å². The third-order valence-corrected chi connectivity index (χ3v) is 2.94. The van der Waals surface area contributed by atoms with Gasteiger partial charge in [-0.15, -0.1) is 0 Å². The van der Waals surface area contributed by atoms with Crippen LogP contribution in [0.1, 0.15) is 12.7 Å². The van der Waals surface area contributed by atoms with E-state index in [9.17, 15) is 0 Å². The molecule has 1 heterocycles. The first-order chi connectivity index (χ1) is 8.69. The van der Waals surface area contributed by atoms with Crippen LogP contribution in [0.3, 0.4) is 0 Å². The standard InChI is InChI=1S/C14H16ClNO2/c1-10(9-17)16-8-13-6-7-14(18-13)11-2-4-12(15)5-3-11/h2-7,10,16-17H,8-9H2,1H3/t10-/m1/s1. The van der Waals surface area contributed by atoms with Gasteiger partial charge in [-0.3, -0.25) is 0 Å². The Bertz CT molecular complexity index is 493. The number of furan rings is 1. The van der Waals surface area contributed by atoms with Crippen molar-refractivity contribution in [3.05, 3.63) is 47.2 Å². The fourth-order valence-electron chi connectivity index (χ4n) is 1.58. The van der Waals surface area contributed by atoms with Crippen LogP contribution < -0.4 is 5.32 Å². The topological polar surface area (TPSA) is 45.4 Å². The summed E-state index contributed by atoms with van der Waals surface area (Å²) in [7, 11) is 0. The molecule has 3 nitrogen and oxygen atoms in total. The third-order valence-electron chi connectivity index (χ3n) is 2.69. The van der Waals surface area contributed by atoms with Crippen LogP contribution in [-0.2, 0) is 6.54 Å². The molecule has 18 heavy (non-hydrogen) atoms. The van der Waals surface area contributed by atoms with Crippen molar-refractivity contribution >= 4 is 11.6 Å². The minimum atomic E-state index is 0.0640. The molecule has 0 bridgehead atoms. The van der Waals surface area contributed by atoms with Crippen molar-refractivity contribution in [3.8, 4) is 11.3 Å². The third kappa shape index (κ3) is 3.35. The minimum absolute atomic E-state index is 0.0640. The van der Waals surface area contributed by atoms with Crippen molar-refractivity contribution in [1.29, 1.82) is 0 Å². The summed E-state index contributed by atoms with van der Waals surface area (Å²) in [6.45, 7) is 2.64. The molecule has 1 aromatic carbocycles. The average molecular weight is 266 g/mol. The Kier molecular flexibility index (Phi) is 4.42. The second-order valence-corrected chi connectivity index (χ2v) is 4.67. The maximum atomic E-state index is 8.92. The van der Waals surface area contributed by atoms with Crippen LogP contribution in [0, 0.1) is 0 Å². The number of nitrogens with one attached hydrogen (secondary N) is 1. The summed E-state index contributed by atoms with van der Waals surface area (Å²) in [6.07, 6.45) is 0. The zero-order valence-corrected chi connectivity index (χ0v) is 10.9. The van der Waals surface area contributed by atoms with E-state index in [1.165, 1.54) is 0 Å². The van der Waals surface area contributed by atoms with Crippen molar-refractivity contribution in [2.45, 2.75) is 19.5 Å². The van der Waals surface area contributed by atoms with Gasteiger partial charge in [0.05, 0.1) is 13.2 Å². The first-order valence-corrected chi connectivity index (χ1v) is 6.25. The predicted molar refractivity (Wildman–Crippen MR) is 72.5 cm³/mol. The molecule has 0 aliphatic rings. The van der Waals surface area contributed by atoms with Crippen LogP contribution in [0.15, 0.2) is 40.8 Å². The summed E-state index contributed by atoms with van der Waals surface area (Å²) in [6, 6.07) is 11.5. The Morgan fingerprint density at radius 1 is 1.22 bits per heavy atom. The highest BCUT2D eigenvalue weighted by molar-refractivity contribution is 6.30. The van der Waals surface area contributed by atoms with Crippen LogP contribution in [0.5, 0.6) is 0 Å². The number of hydrogen-bond acceptors (Lipinski definition) is 3. The summed E-state index contributed by atoms with van der Waals surface area (Å²) in [5, 5.41) is 12.8. The lowest BCUT2D eigenvalue weighted by Crippen LogP contribution is -2.28. The smallest absolute Gasteiger partial charge is 0.134 e. The van der Waals surface area contributed by atoms with Gasteiger partial charge in [-0.2, -0.15) is 0 Å². The molecule has 4 heteroatoms. The molecule has 1 aromatic heterocycles. The monoisotopic (exact) mass is 265 g/mol. The van der Waals surface area contributed by atoms with Gasteiger partial charge in [0, 0.05) is 16.6 Å². The molecule has 2 rings (SSSR count). The van der Waals surface area contributed by atoms with Gasteiger partial charge in [0.1, 0.15) is 11.5 Å². The highest BCUT2D eigenvalue weighted by atomic mass is 35.5. The summed E-state index contributed by atoms with van der Waals surface area (Å²) in [4.78, 5) is 0. The lowest BCUT2D eigenvalue weighted by Gasteiger charge is -2.08. The first-order valence-electron chi connectivity index (χ1n) is 5.88. The van der Waals surface area contributed by atoms with E-state index in [0.29, 0.717) is 11.6 Å². The molecular formula is C14H16ClNO2. The quantitative estimate of drug-likeness (QED) is 0.873. The number of aliphatic hydroxyl groups is 1. The van der Waals surface area contributed by atoms with E-state index in [1.807, 2.05) is 43.3 Å². The zero-order valence-electron chi connectivity index (χ0n) is 10.2. The Hall–Kier alpha value is -1.29. The van der Waals surface area contributed by atoms with E-state index in [1.54, 1.807) is 0 Å². The van der Waals surface area contributed by atoms with Gasteiger partial charge in [0.2, 0.25) is 0 Å². The van der Waals surface area contributed by atoms with Gasteiger partial charge in [0.15, 0.2) is 0 Å². The lowest BCUT2D eigenvalue weighted by atomic mass is 10.2. The predicted octanol–water partition coefficient (Wildman–Crippen LogP) is 3.07. The Labute approximate surface area is 111 Å². The van der Waals surface area contributed by atoms with Gasteiger partial charge in [0.25, 0.3) is 0 Å². The molecule has 2 N–H and O–H groups in total. The van der Waals surface area contributed by atoms with E-state index in [0.717, 1.165) is 17.1 Å². The summed E-state index contributed by atoms with van der Waals surface area (Å²) < 4.78 is 5.72. The largest absolute Gasteiger partial charge is 0.460 e. The van der Waals surface area contributed by atoms with Crippen LogP contribution in [0.2, 0.25) is 5.02 Å². The number of benzene rings is 1. The van der Waals surface area contributed by atoms with E-state index in [2.05, 4.69) is 5.32 Å². The molecule has 0 spiro atoms. The van der Waals surface area contributed by atoms with Crippen LogP contribution >= 0.6 is 11.6 Å². The highest BCUT2D eigenvalue weighted by Crippen LogP contribution is 2.23. The van der Waals surface area contributed by atoms with Crippen molar-refractivity contribution in [1.82, 2.24) is 5.32 Å². The molecular weight excluding hydrogens is 250 g/mol. The second kappa shape index (κ2) is 6.05. The Morgan fingerprint density at radius 3 is 2.61 bits per heavy atom. The molecule has 0 aliphatic carbocycles. The fraction of sp³-hybridized carbons (Fsp3) is 0.286. The number of rotatable bonds is 5. The fourth-order valence-corrected chi connectivity index (χ4v) is 1.71. The summed E-state index contributed by atoms with van der Waals surface area (Å²) in [5.74, 6) is 1.67. The summed E-state index contributed by atoms with van der Waals surface area (Å²) >= 11 is 5.84. The zero-order chi connectivity index (χ0) is 13.0. The maximum Gasteiger partial charge on any atom is 0.134 e. The lowest BCUT2D eigenvalue weighted by molar-refractivity contribution is 0.248. The van der Waals surface area contributed by atoms with Crippen LogP contribution in [-0.4, -0.2) is 17.8 Å². The summed E-state index contributed by atoms with van der Waals surface area (Å²) in [5.41, 5.74) is 1.00. The molecule has 0 amide bonds. The molecule has 0 saturated carbocycles. The number of halogens is 1. The number of aliphatic hydroxyl groups excluding tert-OH is 1. The number of hydrogen-bond donors (Lipinski definition) is 2. The molecule has 1 atom stereocenters. The van der Waals surface area contributed by atoms with Gasteiger partial charge < -0.3 is 14.8 Å². The van der Waals surface area contributed by atoms with Crippen LogP contribution in [0.25, 0.3) is 11.3 Å². The van der Waals surface area contributed by atoms with Gasteiger partial charge >= 0.3 is 0 Å². The average Bonchev–Trinajstić information content (AvgIpc) is 2.85. The van der Waals surface area contributed by atoms with Gasteiger partial charge in [-0.25, -0.2) is 0 Å². The maximum absolute atomic E-state index is 8.92. The molecule has 0 saturated heterocycles. The molecule has 0 aliphatic heterocycles. The van der Waals surface area contributed by atoms with E-state index in [4.69, 9.17) is 21.1 Å². The first kappa shape index (κ1) is 13.1. The molecule has 2 aromatic rings. The van der Waals surface area contributed by atoms with E-state index >= 15 is 0 Å². The van der Waals surface area contributed by atoms with Crippen molar-refractivity contribution in [2.75, 3.05) is 6.61 Å². The van der Waals surface area contributed by atoms with E-state index in [-0.39, 0.29) is 12.6 Å². The second-order valence-electron chi connectivity index (χ2n) is 4.24. The van der Waals surface area contributed by atoms with Crippen molar-refractivity contribution in [3.63, 3.8) is 0 Å². The van der Waals surface area contributed by atoms with Gasteiger partial charge in [-0.1, -0.05) is 11.6 Å². The molecule has 0 radical (unpaired) electrons. The Morgan fingerprint density at radius 2 is 1.94 bits per heavy atom. The van der Waals surface area contributed by atoms with Gasteiger partial charge in [-0.05, 0) is 43.3 Å². The molecule has 0 fully saturated rings. The Balaban J connectivity index is 2.03.